The average molecular weight is 446 g/mol. The molecule has 11 heteroatoms. The summed E-state index contributed by atoms with van der Waals surface area (Å²) in [4.78, 5) is 41.0. The lowest BCUT2D eigenvalue weighted by Gasteiger charge is -2.17. The minimum absolute atomic E-state index is 0.0997. The number of nitrogens with zero attached hydrogens (tertiary/aromatic N) is 4. The first kappa shape index (κ1) is 22.4. The zero-order chi connectivity index (χ0) is 23.1. The predicted octanol–water partition coefficient (Wildman–Crippen LogP) is 0.508. The second kappa shape index (κ2) is 8.08. The number of amides is 1. The minimum atomic E-state index is -3.86. The van der Waals surface area contributed by atoms with Crippen LogP contribution in [0.3, 0.4) is 0 Å². The first-order chi connectivity index (χ1) is 14.4. The van der Waals surface area contributed by atoms with Crippen molar-refractivity contribution in [1.82, 2.24) is 18.4 Å². The molecule has 2 aromatic heterocycles. The molecule has 0 aliphatic carbocycles. The van der Waals surface area contributed by atoms with Crippen LogP contribution in [0.2, 0.25) is 0 Å². The third-order valence-electron chi connectivity index (χ3n) is 5.13. The second-order valence-corrected chi connectivity index (χ2v) is 9.40. The summed E-state index contributed by atoms with van der Waals surface area (Å²) in [7, 11) is 0.294. The van der Waals surface area contributed by atoms with Crippen molar-refractivity contribution in [2.75, 3.05) is 18.9 Å². The van der Waals surface area contributed by atoms with E-state index in [2.05, 4.69) is 10.3 Å². The van der Waals surface area contributed by atoms with Gasteiger partial charge < -0.3 is 5.32 Å². The Hall–Kier alpha value is -3.31. The molecule has 0 unspecified atom stereocenters. The van der Waals surface area contributed by atoms with Crippen LogP contribution >= 0.6 is 0 Å². The molecular weight excluding hydrogens is 422 g/mol. The van der Waals surface area contributed by atoms with E-state index in [4.69, 9.17) is 0 Å². The molecule has 10 nitrogen and oxygen atoms in total. The molecule has 0 fully saturated rings. The number of benzene rings is 1. The van der Waals surface area contributed by atoms with Gasteiger partial charge in [-0.05, 0) is 43.2 Å². The Morgan fingerprint density at radius 1 is 1.10 bits per heavy atom. The van der Waals surface area contributed by atoms with E-state index < -0.39 is 33.7 Å². The van der Waals surface area contributed by atoms with Crippen molar-refractivity contribution in [3.8, 4) is 0 Å². The van der Waals surface area contributed by atoms with Gasteiger partial charge in [-0.2, -0.15) is 4.31 Å². The smallest absolute Gasteiger partial charge is 0.324 e. The molecule has 31 heavy (non-hydrogen) atoms. The number of carbonyl (C=O) groups is 1. The minimum Gasteiger partial charge on any atom is -0.324 e. The number of fused-ring (bicyclic) bond motifs is 1. The first-order valence-corrected chi connectivity index (χ1v) is 10.8. The van der Waals surface area contributed by atoms with Crippen LogP contribution in [0.4, 0.5) is 5.69 Å². The number of rotatable bonds is 5. The number of aryl methyl sites for hydroxylation is 3. The number of sulfonamides is 1. The number of pyridine rings is 1. The SMILES string of the molecule is Cc1ccc(S(=O)(=O)N(C)CC(=O)Nc2cnc3c(c2)c(=O)n(C)c(=O)n3C)cc1C. The topological polar surface area (TPSA) is 123 Å². The summed E-state index contributed by atoms with van der Waals surface area (Å²) in [6, 6.07) is 6.18. The first-order valence-electron chi connectivity index (χ1n) is 9.32. The summed E-state index contributed by atoms with van der Waals surface area (Å²) in [5.74, 6) is -0.599. The number of hydrogen-bond acceptors (Lipinski definition) is 6. The molecule has 0 aliphatic rings. The molecule has 0 bridgehead atoms. The van der Waals surface area contributed by atoms with E-state index >= 15 is 0 Å². The Kier molecular flexibility index (Phi) is 5.83. The molecule has 1 aromatic carbocycles. The maximum Gasteiger partial charge on any atom is 0.332 e. The molecule has 0 aliphatic heterocycles. The van der Waals surface area contributed by atoms with Crippen LogP contribution in [0.5, 0.6) is 0 Å². The molecule has 0 radical (unpaired) electrons. The quantitative estimate of drug-likeness (QED) is 0.610. The van der Waals surface area contributed by atoms with Crippen LogP contribution in [-0.4, -0.2) is 46.3 Å². The highest BCUT2D eigenvalue weighted by molar-refractivity contribution is 7.89. The van der Waals surface area contributed by atoms with Gasteiger partial charge in [0, 0.05) is 21.1 Å². The lowest BCUT2D eigenvalue weighted by Crippen LogP contribution is -2.37. The van der Waals surface area contributed by atoms with Crippen molar-refractivity contribution in [2.24, 2.45) is 14.1 Å². The van der Waals surface area contributed by atoms with Crippen molar-refractivity contribution < 1.29 is 13.2 Å². The molecule has 3 rings (SSSR count). The molecule has 0 saturated heterocycles. The van der Waals surface area contributed by atoms with Gasteiger partial charge in [-0.15, -0.1) is 0 Å². The fraction of sp³-hybridized carbons (Fsp3) is 0.300. The van der Waals surface area contributed by atoms with Crippen LogP contribution in [0, 0.1) is 13.8 Å². The Labute approximate surface area is 178 Å². The fourth-order valence-electron chi connectivity index (χ4n) is 3.08. The van der Waals surface area contributed by atoms with E-state index in [0.717, 1.165) is 20.0 Å². The summed E-state index contributed by atoms with van der Waals surface area (Å²) in [6.07, 6.45) is 1.30. The Morgan fingerprint density at radius 3 is 2.42 bits per heavy atom. The van der Waals surface area contributed by atoms with E-state index in [-0.39, 0.29) is 21.6 Å². The fourth-order valence-corrected chi connectivity index (χ4v) is 4.29. The van der Waals surface area contributed by atoms with Crippen LogP contribution < -0.4 is 16.6 Å². The van der Waals surface area contributed by atoms with E-state index in [0.29, 0.717) is 0 Å². The van der Waals surface area contributed by atoms with Gasteiger partial charge in [-0.1, -0.05) is 6.07 Å². The molecule has 0 spiro atoms. The van der Waals surface area contributed by atoms with Crippen LogP contribution in [-0.2, 0) is 28.9 Å². The number of carbonyl (C=O) groups excluding carboxylic acids is 1. The van der Waals surface area contributed by atoms with Crippen molar-refractivity contribution in [3.63, 3.8) is 0 Å². The largest absolute Gasteiger partial charge is 0.332 e. The van der Waals surface area contributed by atoms with E-state index in [1.165, 1.54) is 44.0 Å². The summed E-state index contributed by atoms with van der Waals surface area (Å²) in [5, 5.41) is 2.70. The lowest BCUT2D eigenvalue weighted by atomic mass is 10.1. The highest BCUT2D eigenvalue weighted by Gasteiger charge is 2.23. The third kappa shape index (κ3) is 4.14. The molecule has 1 amide bonds. The van der Waals surface area contributed by atoms with Gasteiger partial charge in [0.1, 0.15) is 5.65 Å². The molecular formula is C20H23N5O5S. The Bertz CT molecular complexity index is 1420. The van der Waals surface area contributed by atoms with E-state index in [1.807, 2.05) is 13.8 Å². The summed E-state index contributed by atoms with van der Waals surface area (Å²) in [6.45, 7) is 3.26. The maximum atomic E-state index is 12.8. The van der Waals surface area contributed by atoms with Gasteiger partial charge in [0.05, 0.1) is 28.7 Å². The number of aromatic nitrogens is 3. The zero-order valence-corrected chi connectivity index (χ0v) is 18.6. The Morgan fingerprint density at radius 2 is 1.77 bits per heavy atom. The highest BCUT2D eigenvalue weighted by atomic mass is 32.2. The Balaban J connectivity index is 1.83. The number of nitrogens with one attached hydrogen (secondary N) is 1. The number of hydrogen-bond donors (Lipinski definition) is 1. The van der Waals surface area contributed by atoms with Crippen molar-refractivity contribution >= 4 is 32.7 Å². The molecule has 0 atom stereocenters. The van der Waals surface area contributed by atoms with Crippen molar-refractivity contribution in [3.05, 3.63) is 62.4 Å². The highest BCUT2D eigenvalue weighted by Crippen LogP contribution is 2.18. The number of anilines is 1. The van der Waals surface area contributed by atoms with Gasteiger partial charge in [-0.25, -0.2) is 18.2 Å². The van der Waals surface area contributed by atoms with Crippen LogP contribution in [0.1, 0.15) is 11.1 Å². The number of likely N-dealkylation sites (N-methyl/N-ethyl adjacent to an activating group) is 1. The average Bonchev–Trinajstić information content (AvgIpc) is 2.72. The van der Waals surface area contributed by atoms with E-state index in [9.17, 15) is 22.8 Å². The van der Waals surface area contributed by atoms with Gasteiger partial charge in [-0.3, -0.25) is 18.7 Å². The maximum absolute atomic E-state index is 12.8. The normalized spacial score (nSPS) is 11.8. The van der Waals surface area contributed by atoms with Gasteiger partial charge in [0.2, 0.25) is 15.9 Å². The van der Waals surface area contributed by atoms with Gasteiger partial charge >= 0.3 is 5.69 Å². The van der Waals surface area contributed by atoms with Gasteiger partial charge in [0.25, 0.3) is 5.56 Å². The summed E-state index contributed by atoms with van der Waals surface area (Å²) >= 11 is 0. The lowest BCUT2D eigenvalue weighted by molar-refractivity contribution is -0.116. The molecule has 0 saturated carbocycles. The summed E-state index contributed by atoms with van der Waals surface area (Å²) in [5.41, 5.74) is 1.13. The van der Waals surface area contributed by atoms with Crippen LogP contribution in [0.15, 0.2) is 44.9 Å². The second-order valence-electron chi connectivity index (χ2n) is 7.36. The van der Waals surface area contributed by atoms with Crippen molar-refractivity contribution in [2.45, 2.75) is 18.7 Å². The molecule has 3 aromatic rings. The van der Waals surface area contributed by atoms with E-state index in [1.54, 1.807) is 12.1 Å². The third-order valence-corrected chi connectivity index (χ3v) is 6.93. The zero-order valence-electron chi connectivity index (χ0n) is 17.8. The van der Waals surface area contributed by atoms with Gasteiger partial charge in [0.15, 0.2) is 0 Å². The van der Waals surface area contributed by atoms with Crippen molar-refractivity contribution in [1.29, 1.82) is 0 Å². The predicted molar refractivity (Wildman–Crippen MR) is 117 cm³/mol. The molecule has 164 valence electrons. The standard InChI is InChI=1S/C20H23N5O5S/c1-12-6-7-15(8-13(12)2)31(29,30)23(3)11-17(26)22-14-9-16-18(21-10-14)24(4)20(28)25(5)19(16)27/h6-10H,11H2,1-5H3,(H,22,26). The monoisotopic (exact) mass is 445 g/mol. The molecule has 2 heterocycles. The molecule has 1 N–H and O–H groups in total. The van der Waals surface area contributed by atoms with Crippen LogP contribution in [0.25, 0.3) is 11.0 Å². The summed E-state index contributed by atoms with van der Waals surface area (Å²) < 4.78 is 28.7.